The molecule has 7 atom stereocenters. The molecule has 4 aliphatic rings. The molecule has 0 aromatic carbocycles. The molecule has 2 saturated carbocycles. The second-order valence-corrected chi connectivity index (χ2v) is 11.5. The molecular weight excluding hydrogens is 444 g/mol. The summed E-state index contributed by atoms with van der Waals surface area (Å²) in [5.41, 5.74) is 0. The van der Waals surface area contributed by atoms with E-state index in [9.17, 15) is 19.2 Å². The average molecular weight is 463 g/mol. The summed E-state index contributed by atoms with van der Waals surface area (Å²) in [6, 6.07) is 4.12. The van der Waals surface area contributed by atoms with Crippen molar-refractivity contribution in [2.75, 3.05) is 13.7 Å². The van der Waals surface area contributed by atoms with E-state index in [1.165, 1.54) is 23.3 Å². The Kier molecular flexibility index (Phi) is 4.11. The van der Waals surface area contributed by atoms with Crippen LogP contribution in [0.2, 0.25) is 0 Å². The Bertz CT molecular complexity index is 1120. The van der Waals surface area contributed by atoms with Crippen molar-refractivity contribution in [3.63, 3.8) is 0 Å². The zero-order valence-electron chi connectivity index (χ0n) is 15.9. The number of likely N-dealkylation sites (tertiary alicyclic amines) is 1. The molecule has 6 rings (SSSR count). The van der Waals surface area contributed by atoms with Crippen LogP contribution in [0.4, 0.5) is 0 Å². The Morgan fingerprint density at radius 2 is 2.00 bits per heavy atom. The number of thiazole rings is 1. The molecule has 7 nitrogen and oxygen atoms in total. The van der Waals surface area contributed by atoms with Crippen molar-refractivity contribution in [1.82, 2.24) is 9.88 Å². The zero-order chi connectivity index (χ0) is 20.7. The van der Waals surface area contributed by atoms with Crippen molar-refractivity contribution in [1.29, 1.82) is 0 Å². The lowest BCUT2D eigenvalue weighted by Gasteiger charge is -2.42. The number of thiophene rings is 1. The van der Waals surface area contributed by atoms with Crippen LogP contribution < -0.4 is 4.87 Å². The fourth-order valence-electron chi connectivity index (χ4n) is 6.21. The van der Waals surface area contributed by atoms with E-state index in [4.69, 9.17) is 0 Å². The van der Waals surface area contributed by atoms with Crippen LogP contribution in [0, 0.1) is 29.6 Å². The monoisotopic (exact) mass is 462 g/mol. The molecule has 2 bridgehead atoms. The molecule has 2 aromatic heterocycles. The number of imide groups is 1. The van der Waals surface area contributed by atoms with E-state index >= 15 is 0 Å². The van der Waals surface area contributed by atoms with Crippen LogP contribution in [0.25, 0.3) is 0 Å². The highest BCUT2D eigenvalue weighted by molar-refractivity contribution is 8.00. The fourth-order valence-corrected chi connectivity index (χ4v) is 10.1. The number of carbonyl (C=O) groups excluding carboxylic acids is 3. The lowest BCUT2D eigenvalue weighted by molar-refractivity contribution is -0.151. The van der Waals surface area contributed by atoms with Gasteiger partial charge < -0.3 is 9.72 Å². The lowest BCUT2D eigenvalue weighted by Crippen LogP contribution is -2.42. The van der Waals surface area contributed by atoms with Crippen molar-refractivity contribution in [3.8, 4) is 0 Å². The number of amides is 2. The third-order valence-corrected chi connectivity index (χ3v) is 10.7. The number of methoxy groups -OCH3 is 1. The Balaban J connectivity index is 1.42. The Hall–Kier alpha value is -1.91. The largest absolute Gasteiger partial charge is 0.468 e. The van der Waals surface area contributed by atoms with E-state index in [0.29, 0.717) is 0 Å². The maximum atomic E-state index is 13.2. The summed E-state index contributed by atoms with van der Waals surface area (Å²) in [5.74, 6) is -1.35. The van der Waals surface area contributed by atoms with E-state index in [1.54, 1.807) is 23.1 Å². The summed E-state index contributed by atoms with van der Waals surface area (Å²) in [6.45, 7) is -0.307. The first-order valence-electron chi connectivity index (χ1n) is 9.84. The minimum Gasteiger partial charge on any atom is -0.468 e. The van der Waals surface area contributed by atoms with Crippen molar-refractivity contribution < 1.29 is 19.1 Å². The summed E-state index contributed by atoms with van der Waals surface area (Å²) in [5, 5.41) is 3.13. The molecule has 2 amide bonds. The standard InChI is InChI=1S/C20H18N2O5S3/c1-27-10(23)6-22-18(24)12-7-5-8(13(12)19(22)25)15-11(7)14(9-3-2-4-28-9)16-17(29-15)21-20(26)30-16/h2-4,7-8,11-15H,5-6H2,1H3,(H,21,26)/t7-,8-,11+,12+,13+,14-,15-/m1/s1. The van der Waals surface area contributed by atoms with Gasteiger partial charge in [0.15, 0.2) is 0 Å². The molecule has 156 valence electrons. The fraction of sp³-hybridized carbons (Fsp3) is 0.500. The van der Waals surface area contributed by atoms with Gasteiger partial charge in [0.05, 0.1) is 24.0 Å². The first kappa shape index (κ1) is 18.8. The quantitative estimate of drug-likeness (QED) is 0.555. The van der Waals surface area contributed by atoms with Crippen LogP contribution in [0.1, 0.15) is 22.1 Å². The molecule has 1 N–H and O–H groups in total. The highest BCUT2D eigenvalue weighted by Crippen LogP contribution is 2.68. The minimum atomic E-state index is -0.577. The summed E-state index contributed by atoms with van der Waals surface area (Å²) in [4.78, 5) is 56.5. The zero-order valence-corrected chi connectivity index (χ0v) is 18.4. The molecular formula is C20H18N2O5S3. The van der Waals surface area contributed by atoms with Gasteiger partial charge in [-0.15, -0.1) is 23.1 Å². The summed E-state index contributed by atoms with van der Waals surface area (Å²) in [6.07, 6.45) is 0.849. The number of fused-ring (bicyclic) bond motifs is 9. The molecule has 0 unspecified atom stereocenters. The molecule has 0 spiro atoms. The van der Waals surface area contributed by atoms with E-state index in [-0.39, 0.29) is 64.0 Å². The second kappa shape index (κ2) is 6.54. The molecule has 2 aliphatic heterocycles. The van der Waals surface area contributed by atoms with Gasteiger partial charge in [0.25, 0.3) is 0 Å². The SMILES string of the molecule is COC(=O)CN1C(=O)[C@H]2[C@H]3C[C@@H]([C@@H]2C1=O)[C@H]1[C@@H](c2cccs2)c2sc(=O)[nH]c2S[C@H]31. The Morgan fingerprint density at radius 3 is 2.70 bits per heavy atom. The molecule has 10 heteroatoms. The number of aromatic amines is 1. The predicted molar refractivity (Wildman–Crippen MR) is 112 cm³/mol. The van der Waals surface area contributed by atoms with Gasteiger partial charge in [-0.2, -0.15) is 0 Å². The van der Waals surface area contributed by atoms with E-state index in [1.807, 2.05) is 11.4 Å². The number of nitrogens with zero attached hydrogens (tertiary/aromatic N) is 1. The molecule has 30 heavy (non-hydrogen) atoms. The van der Waals surface area contributed by atoms with Crippen LogP contribution in [-0.2, 0) is 19.1 Å². The van der Waals surface area contributed by atoms with E-state index < -0.39 is 5.97 Å². The van der Waals surface area contributed by atoms with E-state index in [2.05, 4.69) is 15.8 Å². The molecule has 2 aromatic rings. The second-order valence-electron chi connectivity index (χ2n) is 8.31. The number of H-pyrrole nitrogens is 1. The lowest BCUT2D eigenvalue weighted by atomic mass is 9.69. The Morgan fingerprint density at radius 1 is 1.23 bits per heavy atom. The number of carbonyl (C=O) groups is 3. The van der Waals surface area contributed by atoms with Gasteiger partial charge >= 0.3 is 10.8 Å². The number of hydrogen-bond acceptors (Lipinski definition) is 8. The number of rotatable bonds is 3. The molecule has 4 heterocycles. The number of thioether (sulfide) groups is 1. The van der Waals surface area contributed by atoms with Crippen LogP contribution in [-0.4, -0.2) is 46.6 Å². The average Bonchev–Trinajstić information content (AvgIpc) is 3.52. The smallest absolute Gasteiger partial charge is 0.325 e. The number of esters is 1. The molecule has 3 fully saturated rings. The minimum absolute atomic E-state index is 0.0574. The number of hydrogen-bond donors (Lipinski definition) is 1. The molecule has 0 radical (unpaired) electrons. The number of nitrogens with one attached hydrogen (secondary N) is 1. The highest BCUT2D eigenvalue weighted by atomic mass is 32.2. The van der Waals surface area contributed by atoms with E-state index in [0.717, 1.165) is 21.2 Å². The van der Waals surface area contributed by atoms with Gasteiger partial charge in [0.1, 0.15) is 6.54 Å². The molecule has 1 saturated heterocycles. The maximum absolute atomic E-state index is 13.2. The van der Waals surface area contributed by atoms with Gasteiger partial charge in [-0.3, -0.25) is 24.1 Å². The highest BCUT2D eigenvalue weighted by Gasteiger charge is 2.69. The van der Waals surface area contributed by atoms with Gasteiger partial charge in [-0.25, -0.2) is 0 Å². The van der Waals surface area contributed by atoms with Crippen LogP contribution in [0.15, 0.2) is 27.3 Å². The van der Waals surface area contributed by atoms with Crippen molar-refractivity contribution in [2.24, 2.45) is 29.6 Å². The van der Waals surface area contributed by atoms with Gasteiger partial charge in [-0.05, 0) is 35.6 Å². The van der Waals surface area contributed by atoms with Gasteiger partial charge in [0, 0.05) is 20.9 Å². The third-order valence-electron chi connectivity index (χ3n) is 7.18. The van der Waals surface area contributed by atoms with Crippen LogP contribution >= 0.6 is 34.4 Å². The Labute approximate surface area is 183 Å². The predicted octanol–water partition coefficient (Wildman–Crippen LogP) is 2.14. The summed E-state index contributed by atoms with van der Waals surface area (Å²) >= 11 is 4.61. The normalized spacial score (nSPS) is 36.0. The molecule has 2 aliphatic carbocycles. The number of aromatic nitrogens is 1. The topological polar surface area (TPSA) is 96.5 Å². The van der Waals surface area contributed by atoms with Crippen molar-refractivity contribution in [2.45, 2.75) is 22.6 Å². The van der Waals surface area contributed by atoms with Crippen LogP contribution in [0.5, 0.6) is 0 Å². The third kappa shape index (κ3) is 2.38. The van der Waals surface area contributed by atoms with Gasteiger partial charge in [-0.1, -0.05) is 17.4 Å². The van der Waals surface area contributed by atoms with Crippen LogP contribution in [0.3, 0.4) is 0 Å². The first-order chi connectivity index (χ1) is 14.5. The maximum Gasteiger partial charge on any atom is 0.325 e. The van der Waals surface area contributed by atoms with Crippen molar-refractivity contribution >= 4 is 52.2 Å². The summed E-state index contributed by atoms with van der Waals surface area (Å²) in [7, 11) is 1.26. The van der Waals surface area contributed by atoms with Crippen molar-refractivity contribution in [3.05, 3.63) is 36.9 Å². The number of ether oxygens (including phenoxy) is 1. The summed E-state index contributed by atoms with van der Waals surface area (Å²) < 4.78 is 4.68. The first-order valence-corrected chi connectivity index (χ1v) is 12.4. The van der Waals surface area contributed by atoms with Gasteiger partial charge in [0.2, 0.25) is 11.8 Å².